The fraction of sp³-hybridized carbons (Fsp3) is 0.450. The van der Waals surface area contributed by atoms with Gasteiger partial charge in [0.25, 0.3) is 0 Å². The predicted molar refractivity (Wildman–Crippen MR) is 101 cm³/mol. The van der Waals surface area contributed by atoms with Crippen LogP contribution in [0, 0.1) is 12.8 Å². The van der Waals surface area contributed by atoms with E-state index >= 15 is 0 Å². The van der Waals surface area contributed by atoms with Crippen molar-refractivity contribution in [3.8, 4) is 0 Å². The van der Waals surface area contributed by atoms with E-state index in [0.29, 0.717) is 10.7 Å². The second-order valence-electron chi connectivity index (χ2n) is 6.73. The number of aryl methyl sites for hydroxylation is 1. The zero-order valence-electron chi connectivity index (χ0n) is 14.9. The van der Waals surface area contributed by atoms with Gasteiger partial charge in [-0.2, -0.15) is 0 Å². The lowest BCUT2D eigenvalue weighted by atomic mass is 9.89. The number of esters is 1. The van der Waals surface area contributed by atoms with Crippen molar-refractivity contribution in [1.82, 2.24) is 10.3 Å². The molecule has 1 fully saturated rings. The van der Waals surface area contributed by atoms with Gasteiger partial charge in [0, 0.05) is 11.3 Å². The molecule has 0 spiro atoms. The van der Waals surface area contributed by atoms with Crippen LogP contribution in [0.4, 0.5) is 0 Å². The summed E-state index contributed by atoms with van der Waals surface area (Å²) in [6.45, 7) is 1.78. The third-order valence-electron chi connectivity index (χ3n) is 4.90. The zero-order valence-corrected chi connectivity index (χ0v) is 15.6. The van der Waals surface area contributed by atoms with E-state index in [1.54, 1.807) is 0 Å². The molecule has 1 aromatic carbocycles. The van der Waals surface area contributed by atoms with E-state index in [-0.39, 0.29) is 25.0 Å². The van der Waals surface area contributed by atoms with Gasteiger partial charge in [0.2, 0.25) is 5.91 Å². The minimum absolute atomic E-state index is 0.0113. The van der Waals surface area contributed by atoms with Gasteiger partial charge in [0.15, 0.2) is 0 Å². The third kappa shape index (κ3) is 4.33. The molecule has 0 aliphatic heterocycles. The van der Waals surface area contributed by atoms with Crippen molar-refractivity contribution in [2.75, 3.05) is 6.54 Å². The Morgan fingerprint density at radius 2 is 1.96 bits per heavy atom. The number of carbonyl (C=O) groups excluding carboxylic acids is 2. The number of pyridine rings is 1. The van der Waals surface area contributed by atoms with E-state index in [2.05, 4.69) is 10.3 Å². The quantitative estimate of drug-likeness (QED) is 0.805. The maximum atomic E-state index is 12.1. The largest absolute Gasteiger partial charge is 0.458 e. The minimum Gasteiger partial charge on any atom is -0.458 e. The third-order valence-corrected chi connectivity index (χ3v) is 5.40. The van der Waals surface area contributed by atoms with Crippen molar-refractivity contribution in [2.24, 2.45) is 5.92 Å². The fourth-order valence-corrected chi connectivity index (χ4v) is 3.58. The highest BCUT2D eigenvalue weighted by Crippen LogP contribution is 2.27. The van der Waals surface area contributed by atoms with Crippen LogP contribution in [0.3, 0.4) is 0 Å². The first-order valence-electron chi connectivity index (χ1n) is 9.03. The lowest BCUT2D eigenvalue weighted by Gasteiger charge is -2.20. The van der Waals surface area contributed by atoms with Gasteiger partial charge in [0.1, 0.15) is 13.2 Å². The molecule has 0 bridgehead atoms. The molecule has 3 rings (SSSR count). The molecule has 6 heteroatoms. The smallest absolute Gasteiger partial charge is 0.325 e. The second-order valence-corrected chi connectivity index (χ2v) is 7.11. The topological polar surface area (TPSA) is 68.3 Å². The molecule has 1 aromatic heterocycles. The summed E-state index contributed by atoms with van der Waals surface area (Å²) in [4.78, 5) is 28.5. The van der Waals surface area contributed by atoms with Gasteiger partial charge < -0.3 is 10.1 Å². The summed E-state index contributed by atoms with van der Waals surface area (Å²) in [6.07, 6.45) is 5.14. The van der Waals surface area contributed by atoms with E-state index in [4.69, 9.17) is 16.3 Å². The lowest BCUT2D eigenvalue weighted by Crippen LogP contribution is -2.36. The van der Waals surface area contributed by atoms with Crippen LogP contribution >= 0.6 is 11.6 Å². The molecule has 0 atom stereocenters. The summed E-state index contributed by atoms with van der Waals surface area (Å²) in [5, 5.41) is 4.16. The summed E-state index contributed by atoms with van der Waals surface area (Å²) >= 11 is 6.36. The first kappa shape index (κ1) is 18.6. The van der Waals surface area contributed by atoms with E-state index < -0.39 is 5.97 Å². The van der Waals surface area contributed by atoms with Crippen molar-refractivity contribution in [1.29, 1.82) is 0 Å². The standard InChI is InChI=1S/C20H23ClN2O3/c1-13-15-9-5-6-10-16(15)23-17(19(13)21)12-26-18(24)11-22-20(25)14-7-3-2-4-8-14/h5-6,9-10,14H,2-4,7-8,11-12H2,1H3,(H,22,25). The van der Waals surface area contributed by atoms with Crippen molar-refractivity contribution in [3.05, 3.63) is 40.5 Å². The predicted octanol–water partition coefficient (Wildman–Crippen LogP) is 3.94. The Hall–Kier alpha value is -2.14. The number of benzene rings is 1. The van der Waals surface area contributed by atoms with E-state index in [0.717, 1.165) is 42.1 Å². The molecule has 1 heterocycles. The summed E-state index contributed by atoms with van der Waals surface area (Å²) in [6, 6.07) is 7.69. The van der Waals surface area contributed by atoms with Crippen molar-refractivity contribution in [3.63, 3.8) is 0 Å². The van der Waals surface area contributed by atoms with Crippen LogP contribution in [0.25, 0.3) is 10.9 Å². The second kappa shape index (κ2) is 8.49. The first-order chi connectivity index (χ1) is 12.6. The Balaban J connectivity index is 1.55. The van der Waals surface area contributed by atoms with Gasteiger partial charge in [-0.15, -0.1) is 0 Å². The molecule has 138 valence electrons. The fourth-order valence-electron chi connectivity index (χ4n) is 3.38. The summed E-state index contributed by atoms with van der Waals surface area (Å²) in [5.41, 5.74) is 2.25. The molecular formula is C20H23ClN2O3. The molecule has 5 nitrogen and oxygen atoms in total. The molecule has 26 heavy (non-hydrogen) atoms. The Morgan fingerprint density at radius 1 is 1.23 bits per heavy atom. The highest BCUT2D eigenvalue weighted by molar-refractivity contribution is 6.32. The van der Waals surface area contributed by atoms with Gasteiger partial charge in [-0.25, -0.2) is 4.98 Å². The molecule has 1 aliphatic rings. The van der Waals surface area contributed by atoms with Gasteiger partial charge in [-0.1, -0.05) is 49.1 Å². The highest BCUT2D eigenvalue weighted by Gasteiger charge is 2.21. The maximum Gasteiger partial charge on any atom is 0.325 e. The summed E-state index contributed by atoms with van der Waals surface area (Å²) in [7, 11) is 0. The Morgan fingerprint density at radius 3 is 2.73 bits per heavy atom. The molecule has 1 saturated carbocycles. The van der Waals surface area contributed by atoms with Crippen LogP contribution in [0.2, 0.25) is 5.02 Å². The van der Waals surface area contributed by atoms with Gasteiger partial charge in [-0.05, 0) is 31.4 Å². The zero-order chi connectivity index (χ0) is 18.5. The molecule has 1 amide bonds. The SMILES string of the molecule is Cc1c(Cl)c(COC(=O)CNC(=O)C2CCCCC2)nc2ccccc12. The molecule has 0 unspecified atom stereocenters. The number of hydrogen-bond donors (Lipinski definition) is 1. The van der Waals surface area contributed by atoms with Crippen LogP contribution < -0.4 is 5.32 Å². The average Bonchev–Trinajstić information content (AvgIpc) is 2.68. The molecule has 2 aromatic rings. The minimum atomic E-state index is -0.488. The van der Waals surface area contributed by atoms with E-state index in [9.17, 15) is 9.59 Å². The summed E-state index contributed by atoms with van der Waals surface area (Å²) < 4.78 is 5.25. The number of nitrogens with zero attached hydrogens (tertiary/aromatic N) is 1. The molecular weight excluding hydrogens is 352 g/mol. The number of nitrogens with one attached hydrogen (secondary N) is 1. The number of aromatic nitrogens is 1. The van der Waals surface area contributed by atoms with Gasteiger partial charge >= 0.3 is 5.97 Å². The molecule has 1 aliphatic carbocycles. The van der Waals surface area contributed by atoms with Crippen LogP contribution in [0.1, 0.15) is 43.4 Å². The normalized spacial score (nSPS) is 15.0. The molecule has 0 radical (unpaired) electrons. The van der Waals surface area contributed by atoms with E-state index in [1.807, 2.05) is 31.2 Å². The van der Waals surface area contributed by atoms with Crippen LogP contribution in [0.5, 0.6) is 0 Å². The number of amides is 1. The lowest BCUT2D eigenvalue weighted by molar-refractivity contribution is -0.145. The Kier molecular flexibility index (Phi) is 6.09. The monoisotopic (exact) mass is 374 g/mol. The number of halogens is 1. The number of carbonyl (C=O) groups is 2. The summed E-state index contributed by atoms with van der Waals surface area (Å²) in [5.74, 6) is -0.520. The van der Waals surface area contributed by atoms with Crippen molar-refractivity contribution in [2.45, 2.75) is 45.6 Å². The number of rotatable bonds is 5. The van der Waals surface area contributed by atoms with Crippen LogP contribution in [0.15, 0.2) is 24.3 Å². The van der Waals surface area contributed by atoms with Crippen LogP contribution in [-0.2, 0) is 20.9 Å². The average molecular weight is 375 g/mol. The first-order valence-corrected chi connectivity index (χ1v) is 9.41. The number of ether oxygens (including phenoxy) is 1. The number of para-hydroxylation sites is 1. The van der Waals surface area contributed by atoms with Gasteiger partial charge in [-0.3, -0.25) is 9.59 Å². The number of fused-ring (bicyclic) bond motifs is 1. The molecule has 1 N–H and O–H groups in total. The Bertz CT molecular complexity index is 816. The Labute approximate surface area is 158 Å². The van der Waals surface area contributed by atoms with Crippen molar-refractivity contribution < 1.29 is 14.3 Å². The van der Waals surface area contributed by atoms with Crippen molar-refractivity contribution >= 4 is 34.4 Å². The highest BCUT2D eigenvalue weighted by atomic mass is 35.5. The maximum absolute atomic E-state index is 12.1. The van der Waals surface area contributed by atoms with E-state index in [1.165, 1.54) is 6.42 Å². The molecule has 0 saturated heterocycles. The van der Waals surface area contributed by atoms with Crippen LogP contribution in [-0.4, -0.2) is 23.4 Å². The number of hydrogen-bond acceptors (Lipinski definition) is 4. The van der Waals surface area contributed by atoms with Gasteiger partial charge in [0.05, 0.1) is 16.2 Å².